The van der Waals surface area contributed by atoms with Gasteiger partial charge in [0.2, 0.25) is 0 Å². The van der Waals surface area contributed by atoms with Crippen molar-refractivity contribution in [3.63, 3.8) is 0 Å². The highest BCUT2D eigenvalue weighted by molar-refractivity contribution is 5.74. The Kier molecular flexibility index (Phi) is 3.76. The molecule has 0 aliphatic carbocycles. The fourth-order valence-corrected chi connectivity index (χ4v) is 1.33. The highest BCUT2D eigenvalue weighted by Gasteiger charge is 2.24. The van der Waals surface area contributed by atoms with Gasteiger partial charge in [-0.25, -0.2) is 4.39 Å². The summed E-state index contributed by atoms with van der Waals surface area (Å²) in [5, 5.41) is 11.4. The fraction of sp³-hybridized carbons (Fsp3) is 0.300. The molecule has 0 saturated heterocycles. The Morgan fingerprint density at radius 1 is 1.47 bits per heavy atom. The summed E-state index contributed by atoms with van der Waals surface area (Å²) < 4.78 is 12.6. The first-order chi connectivity index (χ1) is 7.06. The van der Waals surface area contributed by atoms with Crippen molar-refractivity contribution in [1.82, 2.24) is 5.32 Å². The van der Waals surface area contributed by atoms with Gasteiger partial charge in [-0.1, -0.05) is 12.1 Å². The van der Waals surface area contributed by atoms with E-state index >= 15 is 0 Å². The molecule has 82 valence electrons. The van der Waals surface area contributed by atoms with Gasteiger partial charge in [-0.2, -0.15) is 0 Å². The Hall–Kier alpha value is -1.46. The summed E-state index contributed by atoms with van der Waals surface area (Å²) in [5.74, 6) is -1.41. The molecule has 1 aromatic rings. The SMILES string of the molecule is CNC(C(=O)O)C(N)c1ccc(F)cc1. The largest absolute Gasteiger partial charge is 0.480 e. The van der Waals surface area contributed by atoms with Gasteiger partial charge in [0, 0.05) is 0 Å². The maximum absolute atomic E-state index is 12.6. The van der Waals surface area contributed by atoms with Crippen LogP contribution in [-0.4, -0.2) is 24.2 Å². The maximum Gasteiger partial charge on any atom is 0.322 e. The Labute approximate surface area is 86.9 Å². The summed E-state index contributed by atoms with van der Waals surface area (Å²) in [4.78, 5) is 10.8. The van der Waals surface area contributed by atoms with Crippen molar-refractivity contribution >= 4 is 5.97 Å². The Bertz CT molecular complexity index is 340. The van der Waals surface area contributed by atoms with Gasteiger partial charge in [0.15, 0.2) is 0 Å². The number of rotatable bonds is 4. The van der Waals surface area contributed by atoms with E-state index in [9.17, 15) is 9.18 Å². The molecule has 0 saturated carbocycles. The maximum atomic E-state index is 12.6. The third-order valence-electron chi connectivity index (χ3n) is 2.19. The number of benzene rings is 1. The summed E-state index contributed by atoms with van der Waals surface area (Å²) in [7, 11) is 1.52. The van der Waals surface area contributed by atoms with Crippen LogP contribution in [-0.2, 0) is 4.79 Å². The van der Waals surface area contributed by atoms with Crippen LogP contribution in [0.4, 0.5) is 4.39 Å². The second-order valence-corrected chi connectivity index (χ2v) is 3.18. The zero-order chi connectivity index (χ0) is 11.4. The van der Waals surface area contributed by atoms with Gasteiger partial charge >= 0.3 is 5.97 Å². The van der Waals surface area contributed by atoms with E-state index in [2.05, 4.69) is 5.32 Å². The second kappa shape index (κ2) is 4.86. The van der Waals surface area contributed by atoms with Gasteiger partial charge in [0.1, 0.15) is 11.9 Å². The Morgan fingerprint density at radius 2 is 2.00 bits per heavy atom. The number of likely N-dealkylation sites (N-methyl/N-ethyl adjacent to an activating group) is 1. The number of halogens is 1. The number of aliphatic carboxylic acids is 1. The number of hydrogen-bond acceptors (Lipinski definition) is 3. The summed E-state index contributed by atoms with van der Waals surface area (Å²) in [6.07, 6.45) is 0. The molecular formula is C10H13FN2O2. The number of nitrogens with two attached hydrogens (primary N) is 1. The van der Waals surface area contributed by atoms with Crippen LogP contribution in [0.15, 0.2) is 24.3 Å². The van der Waals surface area contributed by atoms with E-state index in [1.807, 2.05) is 0 Å². The lowest BCUT2D eigenvalue weighted by Crippen LogP contribution is -2.43. The van der Waals surface area contributed by atoms with Crippen molar-refractivity contribution in [1.29, 1.82) is 0 Å². The molecule has 0 heterocycles. The summed E-state index contributed by atoms with van der Waals surface area (Å²) in [5.41, 5.74) is 6.32. The quantitative estimate of drug-likeness (QED) is 0.679. The van der Waals surface area contributed by atoms with E-state index < -0.39 is 18.1 Å². The topological polar surface area (TPSA) is 75.3 Å². The van der Waals surface area contributed by atoms with E-state index in [0.717, 1.165) is 0 Å². The Morgan fingerprint density at radius 3 is 2.40 bits per heavy atom. The molecule has 0 aromatic heterocycles. The van der Waals surface area contributed by atoms with Gasteiger partial charge < -0.3 is 16.2 Å². The lowest BCUT2D eigenvalue weighted by molar-refractivity contribution is -0.139. The normalized spacial score (nSPS) is 14.6. The number of hydrogen-bond donors (Lipinski definition) is 3. The van der Waals surface area contributed by atoms with Gasteiger partial charge in [-0.3, -0.25) is 4.79 Å². The molecule has 0 spiro atoms. The van der Waals surface area contributed by atoms with Crippen molar-refractivity contribution in [2.24, 2.45) is 5.73 Å². The first kappa shape index (κ1) is 11.6. The summed E-state index contributed by atoms with van der Waals surface area (Å²) in [6, 6.07) is 3.89. The third-order valence-corrected chi connectivity index (χ3v) is 2.19. The molecule has 2 unspecified atom stereocenters. The Balaban J connectivity index is 2.87. The minimum Gasteiger partial charge on any atom is -0.480 e. The van der Waals surface area contributed by atoms with Gasteiger partial charge in [-0.15, -0.1) is 0 Å². The molecule has 0 fully saturated rings. The van der Waals surface area contributed by atoms with Crippen LogP contribution in [0.3, 0.4) is 0 Å². The van der Waals surface area contributed by atoms with Gasteiger partial charge in [-0.05, 0) is 24.7 Å². The lowest BCUT2D eigenvalue weighted by Gasteiger charge is -2.19. The van der Waals surface area contributed by atoms with E-state index in [4.69, 9.17) is 10.8 Å². The van der Waals surface area contributed by atoms with Crippen molar-refractivity contribution in [2.45, 2.75) is 12.1 Å². The molecule has 4 N–H and O–H groups in total. The second-order valence-electron chi connectivity index (χ2n) is 3.18. The van der Waals surface area contributed by atoms with E-state index in [0.29, 0.717) is 5.56 Å². The molecule has 1 rings (SSSR count). The lowest BCUT2D eigenvalue weighted by atomic mass is 10.0. The number of nitrogens with one attached hydrogen (secondary N) is 1. The van der Waals surface area contributed by atoms with Crippen LogP contribution in [0, 0.1) is 5.82 Å². The minimum absolute atomic E-state index is 0.373. The molecule has 1 aromatic carbocycles. The standard InChI is InChI=1S/C10H13FN2O2/c1-13-9(10(14)15)8(12)6-2-4-7(11)5-3-6/h2-5,8-9,13H,12H2,1H3,(H,14,15). The molecule has 0 aliphatic rings. The van der Waals surface area contributed by atoms with E-state index in [1.54, 1.807) is 0 Å². The predicted octanol–water partition coefficient (Wildman–Crippen LogP) is 0.498. The summed E-state index contributed by atoms with van der Waals surface area (Å²) in [6.45, 7) is 0. The van der Waals surface area contributed by atoms with Crippen LogP contribution < -0.4 is 11.1 Å². The van der Waals surface area contributed by atoms with Crippen molar-refractivity contribution in [3.05, 3.63) is 35.6 Å². The minimum atomic E-state index is -1.03. The molecule has 0 bridgehead atoms. The average Bonchev–Trinajstić information content (AvgIpc) is 2.19. The number of carboxylic acids is 1. The zero-order valence-corrected chi connectivity index (χ0v) is 8.27. The first-order valence-corrected chi connectivity index (χ1v) is 4.47. The van der Waals surface area contributed by atoms with Crippen molar-refractivity contribution < 1.29 is 14.3 Å². The molecule has 0 radical (unpaired) electrons. The van der Waals surface area contributed by atoms with Crippen molar-refractivity contribution in [3.8, 4) is 0 Å². The first-order valence-electron chi connectivity index (χ1n) is 4.47. The molecule has 15 heavy (non-hydrogen) atoms. The van der Waals surface area contributed by atoms with Crippen LogP contribution in [0.1, 0.15) is 11.6 Å². The monoisotopic (exact) mass is 212 g/mol. The molecule has 0 amide bonds. The van der Waals surface area contributed by atoms with Crippen LogP contribution in [0.25, 0.3) is 0 Å². The number of carbonyl (C=O) groups is 1. The fourth-order valence-electron chi connectivity index (χ4n) is 1.33. The van der Waals surface area contributed by atoms with Crippen LogP contribution >= 0.6 is 0 Å². The van der Waals surface area contributed by atoms with Crippen LogP contribution in [0.5, 0.6) is 0 Å². The molecular weight excluding hydrogens is 199 g/mol. The highest BCUT2D eigenvalue weighted by atomic mass is 19.1. The molecule has 0 aliphatic heterocycles. The van der Waals surface area contributed by atoms with Crippen LogP contribution in [0.2, 0.25) is 0 Å². The van der Waals surface area contributed by atoms with Gasteiger partial charge in [0.05, 0.1) is 6.04 Å². The molecule has 5 heteroatoms. The third kappa shape index (κ3) is 2.74. The zero-order valence-electron chi connectivity index (χ0n) is 8.27. The van der Waals surface area contributed by atoms with Crippen molar-refractivity contribution in [2.75, 3.05) is 7.05 Å². The summed E-state index contributed by atoms with van der Waals surface area (Å²) >= 11 is 0. The number of carboxylic acid groups (broad SMARTS) is 1. The highest BCUT2D eigenvalue weighted by Crippen LogP contribution is 2.14. The molecule has 4 nitrogen and oxygen atoms in total. The molecule has 2 atom stereocenters. The van der Waals surface area contributed by atoms with Gasteiger partial charge in [0.25, 0.3) is 0 Å². The van der Waals surface area contributed by atoms with E-state index in [-0.39, 0.29) is 5.82 Å². The smallest absolute Gasteiger partial charge is 0.322 e. The predicted molar refractivity (Wildman–Crippen MR) is 53.8 cm³/mol. The van der Waals surface area contributed by atoms with E-state index in [1.165, 1.54) is 31.3 Å². The average molecular weight is 212 g/mol.